The standard InChI is InChI=1S/C19H20ClFN6O3/c1-10-18(12(3)25(23-10)8-14-15(20)6-5-7-16(14)21)22-17(28)9-26-13(4)19(27(29)30)11(2)24-26/h5-7H,8-9H2,1-4H3,(H,22,28). The molecule has 2 heterocycles. The lowest BCUT2D eigenvalue weighted by atomic mass is 10.2. The fourth-order valence-corrected chi connectivity index (χ4v) is 3.51. The van der Waals surface area contributed by atoms with Crippen molar-refractivity contribution >= 4 is 28.9 Å². The zero-order chi connectivity index (χ0) is 22.2. The van der Waals surface area contributed by atoms with Crippen molar-refractivity contribution in [2.24, 2.45) is 0 Å². The first kappa shape index (κ1) is 21.4. The Morgan fingerprint density at radius 3 is 2.43 bits per heavy atom. The van der Waals surface area contributed by atoms with Crippen molar-refractivity contribution in [2.75, 3.05) is 5.32 Å². The summed E-state index contributed by atoms with van der Waals surface area (Å²) in [6.07, 6.45) is 0. The Bertz CT molecular complexity index is 1130. The number of nitro groups is 1. The van der Waals surface area contributed by atoms with Gasteiger partial charge in [0.25, 0.3) is 0 Å². The molecule has 0 aliphatic rings. The van der Waals surface area contributed by atoms with E-state index in [1.165, 1.54) is 30.7 Å². The molecule has 158 valence electrons. The van der Waals surface area contributed by atoms with Gasteiger partial charge in [0, 0.05) is 10.6 Å². The van der Waals surface area contributed by atoms with Crippen LogP contribution in [-0.4, -0.2) is 30.4 Å². The maximum Gasteiger partial charge on any atom is 0.312 e. The molecule has 0 saturated heterocycles. The van der Waals surface area contributed by atoms with Crippen LogP contribution in [0.5, 0.6) is 0 Å². The number of nitrogens with one attached hydrogen (secondary N) is 1. The number of hydrogen-bond donors (Lipinski definition) is 1. The summed E-state index contributed by atoms with van der Waals surface area (Å²) in [6.45, 7) is 6.44. The SMILES string of the molecule is Cc1nn(Cc2c(F)cccc2Cl)c(C)c1NC(=O)Cn1nc(C)c([N+](=O)[O-])c1C. The van der Waals surface area contributed by atoms with Gasteiger partial charge in [0.2, 0.25) is 5.91 Å². The van der Waals surface area contributed by atoms with E-state index in [0.717, 1.165) is 0 Å². The number of carbonyl (C=O) groups excluding carboxylic acids is 1. The first-order valence-corrected chi connectivity index (χ1v) is 9.43. The normalized spacial score (nSPS) is 11.0. The lowest BCUT2D eigenvalue weighted by Gasteiger charge is -2.09. The molecule has 0 bridgehead atoms. The minimum atomic E-state index is -0.516. The van der Waals surface area contributed by atoms with Crippen molar-refractivity contribution in [3.05, 3.63) is 67.5 Å². The van der Waals surface area contributed by atoms with E-state index in [1.54, 1.807) is 24.6 Å². The fraction of sp³-hybridized carbons (Fsp3) is 0.316. The first-order chi connectivity index (χ1) is 14.1. The second-order valence-electron chi connectivity index (χ2n) is 6.89. The monoisotopic (exact) mass is 434 g/mol. The zero-order valence-corrected chi connectivity index (χ0v) is 17.6. The highest BCUT2D eigenvalue weighted by molar-refractivity contribution is 6.31. The Labute approximate surface area is 176 Å². The number of halogens is 2. The molecule has 1 aromatic carbocycles. The zero-order valence-electron chi connectivity index (χ0n) is 16.9. The van der Waals surface area contributed by atoms with Gasteiger partial charge in [0.1, 0.15) is 23.7 Å². The summed E-state index contributed by atoms with van der Waals surface area (Å²) in [4.78, 5) is 23.2. The van der Waals surface area contributed by atoms with Crippen LogP contribution in [0.15, 0.2) is 18.2 Å². The van der Waals surface area contributed by atoms with Crippen molar-refractivity contribution in [1.29, 1.82) is 0 Å². The summed E-state index contributed by atoms with van der Waals surface area (Å²) in [5.74, 6) is -0.850. The number of aromatic nitrogens is 4. The van der Waals surface area contributed by atoms with Gasteiger partial charge in [-0.25, -0.2) is 4.39 Å². The third kappa shape index (κ3) is 4.04. The number of rotatable bonds is 6. The van der Waals surface area contributed by atoms with Crippen LogP contribution in [0, 0.1) is 43.6 Å². The van der Waals surface area contributed by atoms with Crippen LogP contribution in [0.2, 0.25) is 5.02 Å². The van der Waals surface area contributed by atoms with Gasteiger partial charge in [-0.15, -0.1) is 0 Å². The predicted molar refractivity (Wildman–Crippen MR) is 109 cm³/mol. The average molecular weight is 435 g/mol. The summed E-state index contributed by atoms with van der Waals surface area (Å²) in [6, 6.07) is 4.45. The smallest absolute Gasteiger partial charge is 0.312 e. The highest BCUT2D eigenvalue weighted by atomic mass is 35.5. The molecule has 3 rings (SSSR count). The minimum absolute atomic E-state index is 0.107. The van der Waals surface area contributed by atoms with Crippen molar-refractivity contribution in [3.63, 3.8) is 0 Å². The first-order valence-electron chi connectivity index (χ1n) is 9.05. The van der Waals surface area contributed by atoms with Crippen LogP contribution < -0.4 is 5.32 Å². The van der Waals surface area contributed by atoms with E-state index in [9.17, 15) is 19.3 Å². The van der Waals surface area contributed by atoms with E-state index in [-0.39, 0.29) is 24.5 Å². The second-order valence-corrected chi connectivity index (χ2v) is 7.29. The Morgan fingerprint density at radius 2 is 1.83 bits per heavy atom. The third-order valence-corrected chi connectivity index (χ3v) is 5.19. The molecule has 0 spiro atoms. The molecule has 3 aromatic rings. The van der Waals surface area contributed by atoms with E-state index in [1.807, 2.05) is 0 Å². The number of benzene rings is 1. The van der Waals surface area contributed by atoms with Crippen LogP contribution in [0.3, 0.4) is 0 Å². The van der Waals surface area contributed by atoms with Crippen molar-refractivity contribution in [3.8, 4) is 0 Å². The van der Waals surface area contributed by atoms with Crippen molar-refractivity contribution in [1.82, 2.24) is 19.6 Å². The fourth-order valence-electron chi connectivity index (χ4n) is 3.29. The van der Waals surface area contributed by atoms with Gasteiger partial charge < -0.3 is 5.32 Å². The summed E-state index contributed by atoms with van der Waals surface area (Å²) in [5, 5.41) is 22.6. The number of amides is 1. The molecule has 0 aliphatic heterocycles. The molecular formula is C19H20ClFN6O3. The molecule has 0 radical (unpaired) electrons. The number of nitrogens with zero attached hydrogens (tertiary/aromatic N) is 5. The molecule has 1 N–H and O–H groups in total. The van der Waals surface area contributed by atoms with Crippen molar-refractivity contribution in [2.45, 2.75) is 40.8 Å². The molecule has 9 nitrogen and oxygen atoms in total. The minimum Gasteiger partial charge on any atom is -0.321 e. The van der Waals surface area contributed by atoms with E-state index in [2.05, 4.69) is 15.5 Å². The average Bonchev–Trinajstić information content (AvgIpc) is 3.08. The van der Waals surface area contributed by atoms with Gasteiger partial charge in [0.15, 0.2) is 0 Å². The molecule has 0 atom stereocenters. The molecule has 2 aromatic heterocycles. The van der Waals surface area contributed by atoms with E-state index in [4.69, 9.17) is 11.6 Å². The van der Waals surface area contributed by atoms with Gasteiger partial charge in [0.05, 0.1) is 28.5 Å². The highest BCUT2D eigenvalue weighted by Gasteiger charge is 2.23. The maximum atomic E-state index is 14.1. The molecular weight excluding hydrogens is 415 g/mol. The molecule has 0 saturated carbocycles. The van der Waals surface area contributed by atoms with E-state index in [0.29, 0.717) is 33.4 Å². The predicted octanol–water partition coefficient (Wildman–Crippen LogP) is 3.70. The second kappa shape index (κ2) is 8.23. The number of hydrogen-bond acceptors (Lipinski definition) is 5. The Morgan fingerprint density at radius 1 is 1.17 bits per heavy atom. The lowest BCUT2D eigenvalue weighted by Crippen LogP contribution is -2.21. The van der Waals surface area contributed by atoms with Crippen LogP contribution in [0.25, 0.3) is 0 Å². The van der Waals surface area contributed by atoms with Gasteiger partial charge in [-0.3, -0.25) is 24.3 Å². The largest absolute Gasteiger partial charge is 0.321 e. The Hall–Kier alpha value is -3.27. The maximum absolute atomic E-state index is 14.1. The molecule has 0 unspecified atom stereocenters. The summed E-state index contributed by atoms with van der Waals surface area (Å²) in [5.41, 5.74) is 2.40. The number of anilines is 1. The van der Waals surface area contributed by atoms with Crippen LogP contribution in [0.4, 0.5) is 15.8 Å². The van der Waals surface area contributed by atoms with E-state index >= 15 is 0 Å². The number of carbonyl (C=O) groups is 1. The van der Waals surface area contributed by atoms with E-state index < -0.39 is 16.6 Å². The molecule has 0 fully saturated rings. The lowest BCUT2D eigenvalue weighted by molar-refractivity contribution is -0.386. The third-order valence-electron chi connectivity index (χ3n) is 4.83. The molecule has 30 heavy (non-hydrogen) atoms. The van der Waals surface area contributed by atoms with Crippen LogP contribution >= 0.6 is 11.6 Å². The summed E-state index contributed by atoms with van der Waals surface area (Å²) in [7, 11) is 0. The van der Waals surface area contributed by atoms with Gasteiger partial charge in [-0.05, 0) is 39.8 Å². The molecule has 11 heteroatoms. The van der Waals surface area contributed by atoms with Gasteiger partial charge in [-0.1, -0.05) is 17.7 Å². The Kier molecular flexibility index (Phi) is 5.88. The highest BCUT2D eigenvalue weighted by Crippen LogP contribution is 2.25. The molecule has 1 amide bonds. The summed E-state index contributed by atoms with van der Waals surface area (Å²) >= 11 is 6.10. The van der Waals surface area contributed by atoms with Crippen LogP contribution in [-0.2, 0) is 17.9 Å². The van der Waals surface area contributed by atoms with Gasteiger partial charge in [-0.2, -0.15) is 10.2 Å². The van der Waals surface area contributed by atoms with Gasteiger partial charge >= 0.3 is 5.69 Å². The Balaban J connectivity index is 1.80. The van der Waals surface area contributed by atoms with Crippen molar-refractivity contribution < 1.29 is 14.1 Å². The topological polar surface area (TPSA) is 108 Å². The summed E-state index contributed by atoms with van der Waals surface area (Å²) < 4.78 is 17.0. The quantitative estimate of drug-likeness (QED) is 0.470. The molecule has 0 aliphatic carbocycles. The van der Waals surface area contributed by atoms with Crippen LogP contribution in [0.1, 0.15) is 28.3 Å². The number of aryl methyl sites for hydroxylation is 2.